The van der Waals surface area contributed by atoms with Crippen molar-refractivity contribution in [3.63, 3.8) is 0 Å². The van der Waals surface area contributed by atoms with E-state index < -0.39 is 0 Å². The minimum Gasteiger partial charge on any atom is -0.508 e. The highest BCUT2D eigenvalue weighted by Gasteiger charge is 2.29. The molecule has 1 amide bonds. The second-order valence-corrected chi connectivity index (χ2v) is 8.42. The molecule has 4 rings (SSSR count). The number of piperidine rings is 1. The van der Waals surface area contributed by atoms with E-state index in [1.165, 1.54) is 29.0 Å². The fraction of sp³-hybridized carbons (Fsp3) is 0.250. The minimum atomic E-state index is -0.0801. The van der Waals surface area contributed by atoms with Crippen LogP contribution in [0.4, 0.5) is 0 Å². The summed E-state index contributed by atoms with van der Waals surface area (Å²) >= 11 is 1.47. The summed E-state index contributed by atoms with van der Waals surface area (Å²) in [4.78, 5) is 28.5. The first kappa shape index (κ1) is 19.4. The smallest absolute Gasteiger partial charge is 0.264 e. The fourth-order valence-electron chi connectivity index (χ4n) is 3.79. The molecule has 0 spiro atoms. The molecule has 5 heteroatoms. The largest absolute Gasteiger partial charge is 0.508 e. The molecular weight excluding hydrogens is 382 g/mol. The lowest BCUT2D eigenvalue weighted by atomic mass is 9.88. The number of amides is 1. The van der Waals surface area contributed by atoms with Crippen LogP contribution in [0.15, 0.2) is 60.0 Å². The molecule has 0 unspecified atom stereocenters. The average Bonchev–Trinajstić information content (AvgIpc) is 3.24. The number of likely N-dealkylation sites (tertiary alicyclic amines) is 1. The highest BCUT2D eigenvalue weighted by Crippen LogP contribution is 2.31. The van der Waals surface area contributed by atoms with Gasteiger partial charge in [0.1, 0.15) is 5.75 Å². The van der Waals surface area contributed by atoms with Crippen molar-refractivity contribution in [2.75, 3.05) is 13.1 Å². The maximum atomic E-state index is 13.1. The molecule has 0 aliphatic carbocycles. The normalized spacial score (nSPS) is 14.7. The van der Waals surface area contributed by atoms with Crippen molar-refractivity contribution >= 4 is 23.0 Å². The first-order chi connectivity index (χ1) is 14.0. The lowest BCUT2D eigenvalue weighted by Gasteiger charge is -2.31. The molecule has 148 valence electrons. The van der Waals surface area contributed by atoms with Gasteiger partial charge in [0.25, 0.3) is 5.91 Å². The van der Waals surface area contributed by atoms with Gasteiger partial charge in [-0.2, -0.15) is 0 Å². The second-order valence-electron chi connectivity index (χ2n) is 7.51. The van der Waals surface area contributed by atoms with E-state index in [0.717, 1.165) is 16.0 Å². The Hall–Kier alpha value is -2.92. The summed E-state index contributed by atoms with van der Waals surface area (Å²) in [5.41, 5.74) is 3.84. The third-order valence-corrected chi connectivity index (χ3v) is 6.43. The van der Waals surface area contributed by atoms with E-state index in [4.69, 9.17) is 0 Å². The van der Waals surface area contributed by atoms with Gasteiger partial charge in [-0.1, -0.05) is 29.8 Å². The van der Waals surface area contributed by atoms with Crippen LogP contribution in [0.1, 0.15) is 38.4 Å². The van der Waals surface area contributed by atoms with Crippen LogP contribution in [-0.2, 0) is 0 Å². The van der Waals surface area contributed by atoms with Crippen LogP contribution in [0.5, 0.6) is 5.75 Å². The van der Waals surface area contributed by atoms with Gasteiger partial charge in [0.05, 0.1) is 4.88 Å². The van der Waals surface area contributed by atoms with Crippen LogP contribution in [0.3, 0.4) is 0 Å². The molecule has 1 N–H and O–H groups in total. The number of rotatable bonds is 4. The van der Waals surface area contributed by atoms with Gasteiger partial charge in [-0.25, -0.2) is 0 Å². The van der Waals surface area contributed by atoms with Gasteiger partial charge in [0.15, 0.2) is 5.78 Å². The van der Waals surface area contributed by atoms with Crippen molar-refractivity contribution in [3.8, 4) is 16.9 Å². The summed E-state index contributed by atoms with van der Waals surface area (Å²) in [6, 6.07) is 16.6. The van der Waals surface area contributed by atoms with Crippen LogP contribution in [0, 0.1) is 12.8 Å². The Balaban J connectivity index is 1.43. The number of nitrogens with zero attached hydrogens (tertiary/aromatic N) is 1. The van der Waals surface area contributed by atoms with E-state index >= 15 is 0 Å². The van der Waals surface area contributed by atoms with Crippen molar-refractivity contribution in [2.45, 2.75) is 19.8 Å². The Kier molecular flexibility index (Phi) is 5.49. The zero-order valence-corrected chi connectivity index (χ0v) is 17.1. The van der Waals surface area contributed by atoms with E-state index in [9.17, 15) is 14.7 Å². The maximum absolute atomic E-state index is 13.1. The molecule has 0 radical (unpaired) electrons. The van der Waals surface area contributed by atoms with Crippen molar-refractivity contribution in [1.29, 1.82) is 0 Å². The van der Waals surface area contributed by atoms with Gasteiger partial charge >= 0.3 is 0 Å². The zero-order valence-electron chi connectivity index (χ0n) is 16.3. The molecule has 0 atom stereocenters. The lowest BCUT2D eigenvalue weighted by Crippen LogP contribution is -2.40. The average molecular weight is 406 g/mol. The Labute approximate surface area is 174 Å². The fourth-order valence-corrected chi connectivity index (χ4v) is 4.67. The van der Waals surface area contributed by atoms with Crippen LogP contribution in [0.25, 0.3) is 11.1 Å². The van der Waals surface area contributed by atoms with Gasteiger partial charge in [-0.05, 0) is 61.0 Å². The number of benzene rings is 2. The van der Waals surface area contributed by atoms with Gasteiger partial charge in [-0.15, -0.1) is 11.3 Å². The summed E-state index contributed by atoms with van der Waals surface area (Å²) in [5.74, 6) is 0.213. The number of ketones is 1. The van der Waals surface area contributed by atoms with Crippen LogP contribution in [-0.4, -0.2) is 34.8 Å². The number of aromatic hydroxyl groups is 1. The van der Waals surface area contributed by atoms with E-state index in [1.807, 2.05) is 23.3 Å². The summed E-state index contributed by atoms with van der Waals surface area (Å²) < 4.78 is 0. The number of hydrogen-bond acceptors (Lipinski definition) is 4. The summed E-state index contributed by atoms with van der Waals surface area (Å²) in [6.07, 6.45) is 1.33. The van der Waals surface area contributed by atoms with Crippen molar-refractivity contribution in [3.05, 3.63) is 76.0 Å². The molecular formula is C24H23NO3S. The summed E-state index contributed by atoms with van der Waals surface area (Å²) in [6.45, 7) is 3.21. The molecule has 29 heavy (non-hydrogen) atoms. The van der Waals surface area contributed by atoms with E-state index in [1.54, 1.807) is 12.1 Å². The molecule has 0 saturated carbocycles. The van der Waals surface area contributed by atoms with Crippen LogP contribution >= 0.6 is 11.3 Å². The molecule has 2 heterocycles. The van der Waals surface area contributed by atoms with E-state index in [2.05, 4.69) is 24.3 Å². The quantitative estimate of drug-likeness (QED) is 0.610. The molecule has 1 aliphatic heterocycles. The molecule has 2 aromatic carbocycles. The third kappa shape index (κ3) is 4.10. The number of carbonyl (C=O) groups excluding carboxylic acids is 2. The number of phenolic OH excluding ortho intramolecular Hbond substituents is 1. The highest BCUT2D eigenvalue weighted by molar-refractivity contribution is 7.12. The first-order valence-corrected chi connectivity index (χ1v) is 10.7. The topological polar surface area (TPSA) is 57.6 Å². The van der Waals surface area contributed by atoms with Crippen LogP contribution < -0.4 is 0 Å². The van der Waals surface area contributed by atoms with Gasteiger partial charge in [0, 0.05) is 30.1 Å². The van der Waals surface area contributed by atoms with Crippen LogP contribution in [0.2, 0.25) is 0 Å². The van der Waals surface area contributed by atoms with Gasteiger partial charge in [-0.3, -0.25) is 9.59 Å². The standard InChI is InChI=1S/C24H23NO3S/c1-16-2-4-17(5-3-16)21-12-15-29-23(21)24(28)25-13-10-19(11-14-25)22(27)18-6-8-20(26)9-7-18/h2-9,12,15,19,26H,10-11,13-14H2,1H3. The molecule has 0 bridgehead atoms. The van der Waals surface area contributed by atoms with E-state index in [-0.39, 0.29) is 23.4 Å². The summed E-state index contributed by atoms with van der Waals surface area (Å²) in [7, 11) is 0. The predicted molar refractivity (Wildman–Crippen MR) is 116 cm³/mol. The molecule has 1 fully saturated rings. The first-order valence-electron chi connectivity index (χ1n) is 9.80. The van der Waals surface area contributed by atoms with Crippen molar-refractivity contribution < 1.29 is 14.7 Å². The Bertz CT molecular complexity index is 1010. The second kappa shape index (κ2) is 8.21. The Morgan fingerprint density at radius 3 is 2.28 bits per heavy atom. The third-order valence-electron chi connectivity index (χ3n) is 5.53. The molecule has 4 nitrogen and oxygen atoms in total. The number of phenols is 1. The van der Waals surface area contributed by atoms with Gasteiger partial charge in [0.2, 0.25) is 0 Å². The monoisotopic (exact) mass is 405 g/mol. The maximum Gasteiger partial charge on any atom is 0.264 e. The number of Topliss-reactive ketones (excluding diaryl/α,β-unsaturated/α-hetero) is 1. The van der Waals surface area contributed by atoms with Crippen molar-refractivity contribution in [2.24, 2.45) is 5.92 Å². The number of hydrogen-bond donors (Lipinski definition) is 1. The molecule has 1 saturated heterocycles. The van der Waals surface area contributed by atoms with Crippen molar-refractivity contribution in [1.82, 2.24) is 4.90 Å². The molecule has 1 aliphatic rings. The number of thiophene rings is 1. The predicted octanol–water partition coefficient (Wildman–Crippen LogP) is 5.16. The number of aryl methyl sites for hydroxylation is 1. The zero-order chi connectivity index (χ0) is 20.4. The van der Waals surface area contributed by atoms with Gasteiger partial charge < -0.3 is 10.0 Å². The lowest BCUT2D eigenvalue weighted by molar-refractivity contribution is 0.0655. The molecule has 1 aromatic heterocycles. The van der Waals surface area contributed by atoms with E-state index in [0.29, 0.717) is 31.5 Å². The number of carbonyl (C=O) groups is 2. The Morgan fingerprint density at radius 2 is 1.62 bits per heavy atom. The molecule has 3 aromatic rings. The minimum absolute atomic E-state index is 0.0473. The SMILES string of the molecule is Cc1ccc(-c2ccsc2C(=O)N2CCC(C(=O)c3ccc(O)cc3)CC2)cc1. The summed E-state index contributed by atoms with van der Waals surface area (Å²) in [5, 5.41) is 11.4. The highest BCUT2D eigenvalue weighted by atomic mass is 32.1. The Morgan fingerprint density at radius 1 is 0.966 bits per heavy atom.